The zero-order valence-corrected chi connectivity index (χ0v) is 10.9. The first kappa shape index (κ1) is 13.9. The number of hydrogen-bond acceptors (Lipinski definition) is 2. The number of piperidine rings is 1. The Bertz CT molecular complexity index is 465. The Balaban J connectivity index is 1.91. The highest BCUT2D eigenvalue weighted by molar-refractivity contribution is 5.94. The maximum Gasteiger partial charge on any atom is 0.251 e. The number of carbonyl (C=O) groups is 1. The molecule has 0 saturated carbocycles. The number of carbonyl (C=O) groups excluding carboxylic acids is 1. The Labute approximate surface area is 111 Å². The molecule has 1 heterocycles. The van der Waals surface area contributed by atoms with Crippen LogP contribution in [0.5, 0.6) is 0 Å². The summed E-state index contributed by atoms with van der Waals surface area (Å²) < 4.78 is 25.8. The summed E-state index contributed by atoms with van der Waals surface area (Å²) in [6, 6.07) is 3.18. The zero-order chi connectivity index (χ0) is 13.8. The van der Waals surface area contributed by atoms with Gasteiger partial charge < -0.3 is 10.6 Å². The van der Waals surface area contributed by atoms with Crippen molar-refractivity contribution in [2.45, 2.75) is 13.3 Å². The molecule has 1 aliphatic rings. The molecule has 2 unspecified atom stereocenters. The van der Waals surface area contributed by atoms with Crippen LogP contribution in [0.15, 0.2) is 18.2 Å². The highest BCUT2D eigenvalue weighted by atomic mass is 19.2. The van der Waals surface area contributed by atoms with Gasteiger partial charge in [-0.1, -0.05) is 6.92 Å². The monoisotopic (exact) mass is 268 g/mol. The number of hydrogen-bond donors (Lipinski definition) is 2. The van der Waals surface area contributed by atoms with Crippen LogP contribution in [0.25, 0.3) is 0 Å². The first-order valence-corrected chi connectivity index (χ1v) is 6.52. The van der Waals surface area contributed by atoms with E-state index >= 15 is 0 Å². The van der Waals surface area contributed by atoms with Crippen LogP contribution in [-0.4, -0.2) is 25.5 Å². The van der Waals surface area contributed by atoms with Crippen LogP contribution < -0.4 is 10.6 Å². The predicted molar refractivity (Wildman–Crippen MR) is 68.8 cm³/mol. The lowest BCUT2D eigenvalue weighted by molar-refractivity contribution is 0.0938. The molecule has 0 bridgehead atoms. The molecular weight excluding hydrogens is 250 g/mol. The molecule has 5 heteroatoms. The fraction of sp³-hybridized carbons (Fsp3) is 0.500. The van der Waals surface area contributed by atoms with Crippen molar-refractivity contribution in [3.63, 3.8) is 0 Å². The van der Waals surface area contributed by atoms with E-state index in [1.54, 1.807) is 0 Å². The maximum absolute atomic E-state index is 13.0. The van der Waals surface area contributed by atoms with Gasteiger partial charge in [0, 0.05) is 12.1 Å². The number of amides is 1. The summed E-state index contributed by atoms with van der Waals surface area (Å²) >= 11 is 0. The number of nitrogens with one attached hydrogen (secondary N) is 2. The highest BCUT2D eigenvalue weighted by Gasteiger charge is 2.21. The van der Waals surface area contributed by atoms with E-state index in [1.165, 1.54) is 6.07 Å². The van der Waals surface area contributed by atoms with Gasteiger partial charge >= 0.3 is 0 Å². The molecule has 1 fully saturated rings. The lowest BCUT2D eigenvalue weighted by Crippen LogP contribution is -2.42. The van der Waals surface area contributed by atoms with Gasteiger partial charge in [-0.3, -0.25) is 4.79 Å². The van der Waals surface area contributed by atoms with Gasteiger partial charge in [-0.05, 0) is 49.5 Å². The average Bonchev–Trinajstić information content (AvgIpc) is 2.40. The minimum Gasteiger partial charge on any atom is -0.352 e. The SMILES string of the molecule is CC1CCNCC1CNC(=O)c1ccc(F)c(F)c1. The second-order valence-corrected chi connectivity index (χ2v) is 5.07. The molecule has 19 heavy (non-hydrogen) atoms. The molecule has 2 atom stereocenters. The van der Waals surface area contributed by atoms with Crippen LogP contribution in [0, 0.1) is 23.5 Å². The van der Waals surface area contributed by atoms with Crippen molar-refractivity contribution < 1.29 is 13.6 Å². The van der Waals surface area contributed by atoms with Crippen molar-refractivity contribution >= 4 is 5.91 Å². The molecule has 2 N–H and O–H groups in total. The molecular formula is C14H18F2N2O. The van der Waals surface area contributed by atoms with E-state index in [9.17, 15) is 13.6 Å². The average molecular weight is 268 g/mol. The summed E-state index contributed by atoms with van der Waals surface area (Å²) in [5.74, 6) is -1.38. The lowest BCUT2D eigenvalue weighted by atomic mass is 9.88. The summed E-state index contributed by atoms with van der Waals surface area (Å²) in [6.45, 7) is 4.59. The summed E-state index contributed by atoms with van der Waals surface area (Å²) in [6.07, 6.45) is 1.09. The smallest absolute Gasteiger partial charge is 0.251 e. The maximum atomic E-state index is 13.0. The van der Waals surface area contributed by atoms with Crippen molar-refractivity contribution in [1.82, 2.24) is 10.6 Å². The largest absolute Gasteiger partial charge is 0.352 e. The molecule has 0 radical (unpaired) electrons. The summed E-state index contributed by atoms with van der Waals surface area (Å²) in [5.41, 5.74) is 0.148. The number of halogens is 2. The van der Waals surface area contributed by atoms with E-state index < -0.39 is 11.6 Å². The normalized spacial score (nSPS) is 23.1. The first-order chi connectivity index (χ1) is 9.08. The van der Waals surface area contributed by atoms with E-state index in [4.69, 9.17) is 0 Å². The molecule has 1 aromatic carbocycles. The molecule has 0 spiro atoms. The minimum absolute atomic E-state index is 0.148. The van der Waals surface area contributed by atoms with Gasteiger partial charge in [0.15, 0.2) is 11.6 Å². The quantitative estimate of drug-likeness (QED) is 0.879. The van der Waals surface area contributed by atoms with E-state index in [2.05, 4.69) is 17.6 Å². The molecule has 1 aromatic rings. The van der Waals surface area contributed by atoms with Gasteiger partial charge in [-0.25, -0.2) is 8.78 Å². The van der Waals surface area contributed by atoms with Crippen LogP contribution in [0.4, 0.5) is 8.78 Å². The molecule has 0 aliphatic carbocycles. The van der Waals surface area contributed by atoms with Crippen LogP contribution in [-0.2, 0) is 0 Å². The number of benzene rings is 1. The van der Waals surface area contributed by atoms with Gasteiger partial charge in [0.1, 0.15) is 0 Å². The van der Waals surface area contributed by atoms with Crippen LogP contribution in [0.3, 0.4) is 0 Å². The molecule has 1 saturated heterocycles. The Morgan fingerprint density at radius 3 is 2.89 bits per heavy atom. The number of rotatable bonds is 3. The lowest BCUT2D eigenvalue weighted by Gasteiger charge is -2.29. The van der Waals surface area contributed by atoms with Gasteiger partial charge in [0.25, 0.3) is 5.91 Å². The Morgan fingerprint density at radius 2 is 2.21 bits per heavy atom. The Kier molecular flexibility index (Phi) is 4.47. The Hall–Kier alpha value is -1.49. The van der Waals surface area contributed by atoms with E-state index in [1.807, 2.05) is 0 Å². The fourth-order valence-corrected chi connectivity index (χ4v) is 2.29. The van der Waals surface area contributed by atoms with Gasteiger partial charge in [0.2, 0.25) is 0 Å². The standard InChI is InChI=1S/C14H18F2N2O/c1-9-4-5-17-7-11(9)8-18-14(19)10-2-3-12(15)13(16)6-10/h2-3,6,9,11,17H,4-5,7-8H2,1H3,(H,18,19). The van der Waals surface area contributed by atoms with Gasteiger partial charge in [-0.15, -0.1) is 0 Å². The molecule has 0 aromatic heterocycles. The summed E-state index contributed by atoms with van der Waals surface area (Å²) in [5, 5.41) is 6.06. The van der Waals surface area contributed by atoms with E-state index in [0.29, 0.717) is 18.4 Å². The fourth-order valence-electron chi connectivity index (χ4n) is 2.29. The van der Waals surface area contributed by atoms with Crippen LogP contribution >= 0.6 is 0 Å². The van der Waals surface area contributed by atoms with Crippen molar-refractivity contribution in [1.29, 1.82) is 0 Å². The molecule has 3 nitrogen and oxygen atoms in total. The second-order valence-electron chi connectivity index (χ2n) is 5.07. The van der Waals surface area contributed by atoms with Gasteiger partial charge in [0.05, 0.1) is 0 Å². The molecule has 104 valence electrons. The zero-order valence-electron chi connectivity index (χ0n) is 10.9. The van der Waals surface area contributed by atoms with Crippen LogP contribution in [0.1, 0.15) is 23.7 Å². The van der Waals surface area contributed by atoms with E-state index in [-0.39, 0.29) is 11.5 Å². The predicted octanol–water partition coefficient (Wildman–Crippen LogP) is 1.94. The summed E-state index contributed by atoms with van der Waals surface area (Å²) in [7, 11) is 0. The third kappa shape index (κ3) is 3.50. The summed E-state index contributed by atoms with van der Waals surface area (Å²) in [4.78, 5) is 11.8. The van der Waals surface area contributed by atoms with E-state index in [0.717, 1.165) is 31.6 Å². The van der Waals surface area contributed by atoms with Crippen molar-refractivity contribution in [3.8, 4) is 0 Å². The third-order valence-electron chi connectivity index (χ3n) is 3.69. The molecule has 1 aliphatic heterocycles. The Morgan fingerprint density at radius 1 is 1.42 bits per heavy atom. The van der Waals surface area contributed by atoms with Crippen LogP contribution in [0.2, 0.25) is 0 Å². The highest BCUT2D eigenvalue weighted by Crippen LogP contribution is 2.17. The first-order valence-electron chi connectivity index (χ1n) is 6.52. The minimum atomic E-state index is -1.000. The van der Waals surface area contributed by atoms with Crippen molar-refractivity contribution in [3.05, 3.63) is 35.4 Å². The molecule has 2 rings (SSSR count). The van der Waals surface area contributed by atoms with Gasteiger partial charge in [-0.2, -0.15) is 0 Å². The molecule has 1 amide bonds. The van der Waals surface area contributed by atoms with Crippen molar-refractivity contribution in [2.75, 3.05) is 19.6 Å². The topological polar surface area (TPSA) is 41.1 Å². The second kappa shape index (κ2) is 6.10. The van der Waals surface area contributed by atoms with Crippen molar-refractivity contribution in [2.24, 2.45) is 11.8 Å². The third-order valence-corrected chi connectivity index (χ3v) is 3.69.